The third kappa shape index (κ3) is 4.26. The quantitative estimate of drug-likeness (QED) is 0.172. The van der Waals surface area contributed by atoms with Crippen molar-refractivity contribution in [2.24, 2.45) is 0 Å². The molecule has 0 unspecified atom stereocenters. The van der Waals surface area contributed by atoms with Crippen LogP contribution >= 0.6 is 11.6 Å². The van der Waals surface area contributed by atoms with Crippen LogP contribution in [0.4, 0.5) is 0 Å². The van der Waals surface area contributed by atoms with Crippen molar-refractivity contribution >= 4 is 72.3 Å². The first-order chi connectivity index (χ1) is 26.3. The van der Waals surface area contributed by atoms with Crippen LogP contribution in [0.3, 0.4) is 0 Å². The summed E-state index contributed by atoms with van der Waals surface area (Å²) in [6, 6.07) is 61.2. The van der Waals surface area contributed by atoms with Gasteiger partial charge in [0.1, 0.15) is 22.7 Å². The maximum atomic E-state index is 6.80. The number of nitrogens with zero attached hydrogens (tertiary/aromatic N) is 1. The van der Waals surface area contributed by atoms with Crippen molar-refractivity contribution in [3.05, 3.63) is 170 Å². The van der Waals surface area contributed by atoms with Crippen LogP contribution in [0.2, 0.25) is 0 Å². The van der Waals surface area contributed by atoms with Crippen LogP contribution in [0.1, 0.15) is 0 Å². The molecule has 2 aliphatic rings. The molecule has 0 N–H and O–H groups in total. The maximum absolute atomic E-state index is 6.80. The highest BCUT2D eigenvalue weighted by molar-refractivity contribution is 8.28. The predicted octanol–water partition coefficient (Wildman–Crippen LogP) is 12.0. The Kier molecular flexibility index (Phi) is 6.08. The van der Waals surface area contributed by atoms with Crippen LogP contribution in [-0.4, -0.2) is 10.6 Å². The topological polar surface area (TPSA) is 27.3 Å². The Morgan fingerprint density at radius 3 is 2.00 bits per heavy atom. The molecule has 5 heteroatoms. The van der Waals surface area contributed by atoms with Crippen LogP contribution in [0.25, 0.3) is 82.8 Å². The highest BCUT2D eigenvalue weighted by Gasteiger charge is 2.39. The summed E-state index contributed by atoms with van der Waals surface area (Å²) >= 11 is 1.92. The summed E-state index contributed by atoms with van der Waals surface area (Å²) in [5, 5.41) is 4.80. The number of ether oxygens (including phenoxy) is 1. The van der Waals surface area contributed by atoms with Crippen molar-refractivity contribution in [1.29, 1.82) is 0 Å². The Morgan fingerprint density at radius 1 is 0.453 bits per heavy atom. The lowest BCUT2D eigenvalue weighted by molar-refractivity contribution is 0.488. The number of rotatable bonds is 3. The van der Waals surface area contributed by atoms with E-state index >= 15 is 0 Å². The van der Waals surface area contributed by atoms with Gasteiger partial charge in [-0.3, -0.25) is 0 Å². The second kappa shape index (κ2) is 11.0. The van der Waals surface area contributed by atoms with Crippen molar-refractivity contribution < 1.29 is 9.15 Å². The van der Waals surface area contributed by atoms with Gasteiger partial charge < -0.3 is 13.7 Å². The Balaban J connectivity index is 1.06. The van der Waals surface area contributed by atoms with Crippen LogP contribution in [0.15, 0.2) is 179 Å². The second-order valence-electron chi connectivity index (χ2n) is 14.0. The van der Waals surface area contributed by atoms with Crippen molar-refractivity contribution in [2.45, 2.75) is 4.90 Å². The highest BCUT2D eigenvalue weighted by Crippen LogP contribution is 2.47. The number of hydrogen-bond donors (Lipinski definition) is 0. The number of aromatic nitrogens is 1. The molecule has 2 aliphatic heterocycles. The molecule has 10 aromatic rings. The fourth-order valence-electron chi connectivity index (χ4n) is 8.70. The van der Waals surface area contributed by atoms with E-state index in [1.807, 2.05) is 23.7 Å². The van der Waals surface area contributed by atoms with E-state index in [0.29, 0.717) is 0 Å². The molecule has 12 rings (SSSR count). The summed E-state index contributed by atoms with van der Waals surface area (Å²) in [4.78, 5) is 1.26. The highest BCUT2D eigenvalue weighted by atomic mass is 32.2. The average Bonchev–Trinajstić information content (AvgIpc) is 3.76. The van der Waals surface area contributed by atoms with Crippen molar-refractivity contribution in [3.63, 3.8) is 0 Å². The lowest BCUT2D eigenvalue weighted by atomic mass is 9.57. The molecule has 2 aromatic heterocycles. The minimum Gasteiger partial charge on any atom is -0.458 e. The van der Waals surface area contributed by atoms with Crippen molar-refractivity contribution in [2.75, 3.05) is 0 Å². The second-order valence-corrected chi connectivity index (χ2v) is 15.1. The largest absolute Gasteiger partial charge is 0.458 e. The van der Waals surface area contributed by atoms with E-state index in [4.69, 9.17) is 9.15 Å². The fourth-order valence-corrected chi connectivity index (χ4v) is 10.1. The predicted molar refractivity (Wildman–Crippen MR) is 222 cm³/mol. The summed E-state index contributed by atoms with van der Waals surface area (Å²) in [5.41, 5.74) is 14.9. The molecule has 0 atom stereocenters. The molecule has 0 bridgehead atoms. The van der Waals surface area contributed by atoms with Gasteiger partial charge in [-0.15, -0.1) is 0 Å². The molecular formula is C48H28BNO2S. The number of para-hydroxylation sites is 5. The first kappa shape index (κ1) is 29.2. The SMILES string of the molecule is c1ccc2c(c1)Oc1cc(-c3ccccc3-n3c4ccccc4c4ccccc43)cc3c1B2Sc1cc(-c2ccc4c(c2)oc2ccccc24)ccc1-3. The average molecular weight is 694 g/mol. The molecule has 0 amide bonds. The van der Waals surface area contributed by atoms with E-state index in [1.165, 1.54) is 54.3 Å². The molecule has 0 fully saturated rings. The monoisotopic (exact) mass is 693 g/mol. The smallest absolute Gasteiger partial charge is 0.289 e. The van der Waals surface area contributed by atoms with Crippen LogP contribution < -0.4 is 15.7 Å². The maximum Gasteiger partial charge on any atom is 0.289 e. The molecule has 3 nitrogen and oxygen atoms in total. The zero-order chi connectivity index (χ0) is 34.6. The molecule has 4 heterocycles. The molecule has 246 valence electrons. The van der Waals surface area contributed by atoms with Gasteiger partial charge in [-0.05, 0) is 99.4 Å². The van der Waals surface area contributed by atoms with Crippen LogP contribution in [-0.2, 0) is 0 Å². The van der Waals surface area contributed by atoms with Gasteiger partial charge in [-0.25, -0.2) is 0 Å². The third-order valence-electron chi connectivity index (χ3n) is 11.1. The lowest BCUT2D eigenvalue weighted by Crippen LogP contribution is -2.46. The van der Waals surface area contributed by atoms with Gasteiger partial charge in [0.2, 0.25) is 0 Å². The third-order valence-corrected chi connectivity index (χ3v) is 12.4. The van der Waals surface area contributed by atoms with Gasteiger partial charge in [0, 0.05) is 32.0 Å². The minimum atomic E-state index is 0.118. The van der Waals surface area contributed by atoms with E-state index in [2.05, 4.69) is 162 Å². The number of hydrogen-bond acceptors (Lipinski definition) is 3. The molecule has 0 saturated heterocycles. The Labute approximate surface area is 310 Å². The summed E-state index contributed by atoms with van der Waals surface area (Å²) in [6.45, 7) is 0. The van der Waals surface area contributed by atoms with E-state index < -0.39 is 0 Å². The fraction of sp³-hybridized carbons (Fsp3) is 0. The van der Waals surface area contributed by atoms with E-state index in [-0.39, 0.29) is 5.99 Å². The summed E-state index contributed by atoms with van der Waals surface area (Å²) in [6.07, 6.45) is 0. The Hall–Kier alpha value is -6.43. The van der Waals surface area contributed by atoms with Gasteiger partial charge in [-0.2, -0.15) is 11.6 Å². The summed E-state index contributed by atoms with van der Waals surface area (Å²) in [7, 11) is 0. The van der Waals surface area contributed by atoms with Gasteiger partial charge in [0.25, 0.3) is 5.99 Å². The zero-order valence-corrected chi connectivity index (χ0v) is 29.2. The summed E-state index contributed by atoms with van der Waals surface area (Å²) < 4.78 is 15.5. The standard InChI is InChI=1S/C48H28BNO2S/c1-6-16-40(50-41-17-7-2-12-33(41)34-13-3-8-18-42(34)50)32(11-1)31-25-38-37-24-22-30(29-21-23-36-35-14-4-9-19-43(35)51-45(36)26-29)28-47(37)53-49-39-15-5-10-20-44(39)52-46(27-31)48(38)49/h1-28H. The Bertz CT molecular complexity index is 3100. The van der Waals surface area contributed by atoms with E-state index in [9.17, 15) is 0 Å². The number of fused-ring (bicyclic) bond motifs is 10. The van der Waals surface area contributed by atoms with E-state index in [1.54, 1.807) is 0 Å². The molecule has 8 aromatic carbocycles. The van der Waals surface area contributed by atoms with Gasteiger partial charge in [0.05, 0.1) is 16.7 Å². The van der Waals surface area contributed by atoms with Gasteiger partial charge in [-0.1, -0.05) is 109 Å². The lowest BCUT2D eigenvalue weighted by Gasteiger charge is -2.33. The molecule has 0 radical (unpaired) electrons. The van der Waals surface area contributed by atoms with Crippen LogP contribution in [0, 0.1) is 0 Å². The Morgan fingerprint density at radius 2 is 1.13 bits per heavy atom. The molecule has 0 aliphatic carbocycles. The normalized spacial score (nSPS) is 12.9. The number of furan rings is 1. The minimum absolute atomic E-state index is 0.118. The molecule has 0 saturated carbocycles. The van der Waals surface area contributed by atoms with Crippen molar-refractivity contribution in [3.8, 4) is 50.6 Å². The van der Waals surface area contributed by atoms with Gasteiger partial charge >= 0.3 is 0 Å². The first-order valence-corrected chi connectivity index (χ1v) is 18.9. The summed E-state index contributed by atoms with van der Waals surface area (Å²) in [5.74, 6) is 1.97. The molecule has 0 spiro atoms. The van der Waals surface area contributed by atoms with Gasteiger partial charge in [0.15, 0.2) is 0 Å². The first-order valence-electron chi connectivity index (χ1n) is 18.0. The molecule has 53 heavy (non-hydrogen) atoms. The van der Waals surface area contributed by atoms with E-state index in [0.717, 1.165) is 55.8 Å². The number of benzene rings is 8. The van der Waals surface area contributed by atoms with Crippen molar-refractivity contribution in [1.82, 2.24) is 4.57 Å². The molecular weight excluding hydrogens is 665 g/mol. The zero-order valence-electron chi connectivity index (χ0n) is 28.4. The van der Waals surface area contributed by atoms with Crippen LogP contribution in [0.5, 0.6) is 11.5 Å².